The Balaban J connectivity index is 2.05. The smallest absolute Gasteiger partial charge is 0.135 e. The normalized spacial score (nSPS) is 33.3. The van der Waals surface area contributed by atoms with Crippen molar-refractivity contribution in [3.05, 3.63) is 0 Å². The van der Waals surface area contributed by atoms with Gasteiger partial charge >= 0.3 is 0 Å². The molecule has 0 aromatic carbocycles. The van der Waals surface area contributed by atoms with E-state index in [-0.39, 0.29) is 0 Å². The summed E-state index contributed by atoms with van der Waals surface area (Å²) in [6.45, 7) is 4.43. The molecule has 0 bridgehead atoms. The van der Waals surface area contributed by atoms with Crippen LogP contribution in [0.15, 0.2) is 0 Å². The molecule has 0 aromatic heterocycles. The first kappa shape index (κ1) is 7.03. The lowest BCUT2D eigenvalue weighted by Gasteiger charge is -1.97. The van der Waals surface area contributed by atoms with Crippen molar-refractivity contribution in [2.24, 2.45) is 5.92 Å². The molecule has 1 saturated heterocycles. The predicted molar refractivity (Wildman–Crippen MR) is 37.2 cm³/mol. The summed E-state index contributed by atoms with van der Waals surface area (Å²) in [6.07, 6.45) is 2.04. The van der Waals surface area contributed by atoms with Crippen LogP contribution in [0.4, 0.5) is 0 Å². The Kier molecular flexibility index (Phi) is 2.09. The summed E-state index contributed by atoms with van der Waals surface area (Å²) in [6, 6.07) is 0. The maximum atomic E-state index is 5.27. The van der Waals surface area contributed by atoms with Crippen LogP contribution < -0.4 is 5.32 Å². The average Bonchev–Trinajstić information content (AvgIpc) is 2.45. The summed E-state index contributed by atoms with van der Waals surface area (Å²) in [7, 11) is 1.94. The van der Waals surface area contributed by atoms with Gasteiger partial charge in [0, 0.05) is 0 Å². The van der Waals surface area contributed by atoms with Crippen molar-refractivity contribution in [3.63, 3.8) is 0 Å². The second kappa shape index (κ2) is 2.67. The molecule has 2 nitrogen and oxygen atoms in total. The molecule has 0 spiro atoms. The van der Waals surface area contributed by atoms with Gasteiger partial charge in [-0.25, -0.2) is 0 Å². The molecule has 2 heteroatoms. The van der Waals surface area contributed by atoms with E-state index in [0.29, 0.717) is 12.3 Å². The predicted octanol–water partition coefficient (Wildman–Crippen LogP) is 0.977. The van der Waals surface area contributed by atoms with Gasteiger partial charge in [0.25, 0.3) is 0 Å². The topological polar surface area (TPSA) is 24.6 Å². The van der Waals surface area contributed by atoms with Crippen LogP contribution in [0.1, 0.15) is 20.3 Å². The Morgan fingerprint density at radius 1 is 1.56 bits per heavy atom. The molecule has 2 unspecified atom stereocenters. The summed E-state index contributed by atoms with van der Waals surface area (Å²) >= 11 is 0. The van der Waals surface area contributed by atoms with E-state index in [2.05, 4.69) is 19.2 Å². The monoisotopic (exact) mass is 129 g/mol. The highest BCUT2D eigenvalue weighted by molar-refractivity contribution is 4.81. The van der Waals surface area contributed by atoms with Crippen LogP contribution in [0, 0.1) is 5.92 Å². The molecule has 1 aliphatic heterocycles. The third kappa shape index (κ3) is 1.95. The van der Waals surface area contributed by atoms with Crippen molar-refractivity contribution in [2.75, 3.05) is 7.05 Å². The van der Waals surface area contributed by atoms with E-state index in [4.69, 9.17) is 4.74 Å². The van der Waals surface area contributed by atoms with E-state index in [9.17, 15) is 0 Å². The molecule has 1 heterocycles. The van der Waals surface area contributed by atoms with E-state index in [0.717, 1.165) is 5.92 Å². The van der Waals surface area contributed by atoms with Crippen LogP contribution in [0.3, 0.4) is 0 Å². The van der Waals surface area contributed by atoms with Crippen LogP contribution >= 0.6 is 0 Å². The molecule has 9 heavy (non-hydrogen) atoms. The highest BCUT2D eigenvalue weighted by atomic mass is 16.6. The Morgan fingerprint density at radius 3 is 2.56 bits per heavy atom. The zero-order valence-electron chi connectivity index (χ0n) is 6.35. The highest BCUT2D eigenvalue weighted by Crippen LogP contribution is 2.25. The molecule has 1 rings (SSSR count). The van der Waals surface area contributed by atoms with Gasteiger partial charge in [-0.1, -0.05) is 13.8 Å². The highest BCUT2D eigenvalue weighted by Gasteiger charge is 2.37. The zero-order chi connectivity index (χ0) is 6.85. The maximum absolute atomic E-state index is 5.27. The van der Waals surface area contributed by atoms with Gasteiger partial charge in [0.1, 0.15) is 6.23 Å². The molecule has 1 aliphatic rings. The molecular weight excluding hydrogens is 114 g/mol. The zero-order valence-corrected chi connectivity index (χ0v) is 6.35. The molecule has 54 valence electrons. The van der Waals surface area contributed by atoms with E-state index >= 15 is 0 Å². The first-order valence-corrected chi connectivity index (χ1v) is 3.56. The number of rotatable bonds is 3. The lowest BCUT2D eigenvalue weighted by atomic mass is 10.1. The Labute approximate surface area is 56.6 Å². The lowest BCUT2D eigenvalue weighted by Crippen LogP contribution is -2.13. The summed E-state index contributed by atoms with van der Waals surface area (Å²) in [5.74, 6) is 0.758. The summed E-state index contributed by atoms with van der Waals surface area (Å²) in [5.41, 5.74) is 0. The minimum absolute atomic E-state index is 0.354. The molecule has 1 fully saturated rings. The van der Waals surface area contributed by atoms with E-state index in [1.807, 2.05) is 7.05 Å². The van der Waals surface area contributed by atoms with Crippen molar-refractivity contribution in [2.45, 2.75) is 32.6 Å². The second-order valence-corrected chi connectivity index (χ2v) is 3.01. The fourth-order valence-electron chi connectivity index (χ4n) is 1.04. The van der Waals surface area contributed by atoms with Gasteiger partial charge in [-0.05, 0) is 19.4 Å². The molecule has 0 radical (unpaired) electrons. The summed E-state index contributed by atoms with van der Waals surface area (Å²) < 4.78 is 5.27. The first-order valence-electron chi connectivity index (χ1n) is 3.56. The van der Waals surface area contributed by atoms with Crippen molar-refractivity contribution in [1.82, 2.24) is 5.32 Å². The minimum atomic E-state index is 0.354. The van der Waals surface area contributed by atoms with Crippen molar-refractivity contribution in [1.29, 1.82) is 0 Å². The second-order valence-electron chi connectivity index (χ2n) is 3.01. The fourth-order valence-corrected chi connectivity index (χ4v) is 1.04. The van der Waals surface area contributed by atoms with Crippen LogP contribution in [0.25, 0.3) is 0 Å². The SMILES string of the molecule is CNC1OC1CC(C)C. The number of epoxide rings is 1. The Hall–Kier alpha value is -0.0800. The summed E-state index contributed by atoms with van der Waals surface area (Å²) in [4.78, 5) is 0. The largest absolute Gasteiger partial charge is 0.353 e. The minimum Gasteiger partial charge on any atom is -0.353 e. The van der Waals surface area contributed by atoms with Crippen LogP contribution in [0.2, 0.25) is 0 Å². The standard InChI is InChI=1S/C7H15NO/c1-5(2)4-6-7(8-3)9-6/h5-8H,4H2,1-3H3. The summed E-state index contributed by atoms with van der Waals surface area (Å²) in [5, 5.41) is 3.07. The van der Waals surface area contributed by atoms with Gasteiger partial charge in [-0.15, -0.1) is 0 Å². The molecule has 0 amide bonds. The van der Waals surface area contributed by atoms with Crippen LogP contribution in [-0.2, 0) is 4.74 Å². The Morgan fingerprint density at radius 2 is 2.22 bits per heavy atom. The lowest BCUT2D eigenvalue weighted by molar-refractivity contribution is 0.335. The van der Waals surface area contributed by atoms with Gasteiger partial charge in [-0.3, -0.25) is 5.32 Å². The number of nitrogens with one attached hydrogen (secondary N) is 1. The van der Waals surface area contributed by atoms with Gasteiger partial charge < -0.3 is 4.74 Å². The Bertz CT molecular complexity index is 92.9. The number of likely N-dealkylation sites (N-methyl/N-ethyl adjacent to an activating group) is 1. The number of hydrogen-bond donors (Lipinski definition) is 1. The van der Waals surface area contributed by atoms with Gasteiger partial charge in [0.2, 0.25) is 0 Å². The van der Waals surface area contributed by atoms with E-state index in [1.165, 1.54) is 6.42 Å². The van der Waals surface area contributed by atoms with Crippen molar-refractivity contribution >= 4 is 0 Å². The van der Waals surface area contributed by atoms with Crippen molar-refractivity contribution in [3.8, 4) is 0 Å². The third-order valence-corrected chi connectivity index (χ3v) is 1.57. The third-order valence-electron chi connectivity index (χ3n) is 1.57. The quantitative estimate of drug-likeness (QED) is 0.574. The molecule has 0 aromatic rings. The molecule has 2 atom stereocenters. The van der Waals surface area contributed by atoms with E-state index < -0.39 is 0 Å². The van der Waals surface area contributed by atoms with Gasteiger partial charge in [0.05, 0.1) is 6.10 Å². The fraction of sp³-hybridized carbons (Fsp3) is 1.00. The molecular formula is C7H15NO. The number of hydrogen-bond acceptors (Lipinski definition) is 2. The molecule has 1 N–H and O–H groups in total. The maximum Gasteiger partial charge on any atom is 0.135 e. The van der Waals surface area contributed by atoms with E-state index in [1.54, 1.807) is 0 Å². The van der Waals surface area contributed by atoms with Crippen LogP contribution in [0.5, 0.6) is 0 Å². The molecule has 0 saturated carbocycles. The van der Waals surface area contributed by atoms with Gasteiger partial charge in [-0.2, -0.15) is 0 Å². The van der Waals surface area contributed by atoms with Gasteiger partial charge in [0.15, 0.2) is 0 Å². The van der Waals surface area contributed by atoms with Crippen molar-refractivity contribution < 1.29 is 4.74 Å². The first-order chi connectivity index (χ1) is 4.24. The van der Waals surface area contributed by atoms with Crippen LogP contribution in [-0.4, -0.2) is 19.4 Å². The average molecular weight is 129 g/mol. The number of ether oxygens (including phenoxy) is 1. The molecule has 0 aliphatic carbocycles.